The van der Waals surface area contributed by atoms with Gasteiger partial charge in [0, 0.05) is 11.3 Å². The molecule has 1 unspecified atom stereocenters. The van der Waals surface area contributed by atoms with Gasteiger partial charge in [0.2, 0.25) is 0 Å². The summed E-state index contributed by atoms with van der Waals surface area (Å²) < 4.78 is 28.9. The number of rotatable bonds is 6. The normalized spacial score (nSPS) is 19.9. The lowest BCUT2D eigenvalue weighted by Gasteiger charge is -2.22. The first kappa shape index (κ1) is 19.2. The molecule has 6 nitrogen and oxygen atoms in total. The first-order valence-corrected chi connectivity index (χ1v) is 9.22. The van der Waals surface area contributed by atoms with Crippen LogP contribution >= 0.6 is 11.3 Å². The number of nitrogens with one attached hydrogen (secondary N) is 1. The van der Waals surface area contributed by atoms with Crippen molar-refractivity contribution >= 4 is 23.3 Å². The van der Waals surface area contributed by atoms with Gasteiger partial charge in [-0.15, -0.1) is 11.3 Å². The lowest BCUT2D eigenvalue weighted by Crippen LogP contribution is -2.40. The van der Waals surface area contributed by atoms with Gasteiger partial charge < -0.3 is 10.1 Å². The van der Waals surface area contributed by atoms with Crippen LogP contribution in [0.2, 0.25) is 0 Å². The van der Waals surface area contributed by atoms with Crippen LogP contribution in [0.4, 0.5) is 13.6 Å². The summed E-state index contributed by atoms with van der Waals surface area (Å²) in [7, 11) is 0. The number of nitrogens with zero attached hydrogens (tertiary/aromatic N) is 2. The van der Waals surface area contributed by atoms with Crippen molar-refractivity contribution in [2.24, 2.45) is 0 Å². The Kier molecular flexibility index (Phi) is 5.14. The van der Waals surface area contributed by atoms with E-state index in [9.17, 15) is 18.4 Å². The van der Waals surface area contributed by atoms with Crippen molar-refractivity contribution < 1.29 is 23.1 Å². The predicted molar refractivity (Wildman–Crippen MR) is 95.7 cm³/mol. The fourth-order valence-electron chi connectivity index (χ4n) is 2.83. The topological polar surface area (TPSA) is 71.5 Å². The number of halogens is 2. The van der Waals surface area contributed by atoms with Gasteiger partial charge in [-0.25, -0.2) is 9.78 Å². The van der Waals surface area contributed by atoms with Gasteiger partial charge in [-0.05, 0) is 24.6 Å². The molecular formula is C18H19F2N3O3S. The van der Waals surface area contributed by atoms with Crippen LogP contribution in [0.25, 0.3) is 0 Å². The Labute approximate surface area is 159 Å². The number of thiazole rings is 1. The van der Waals surface area contributed by atoms with Gasteiger partial charge in [0.15, 0.2) is 0 Å². The van der Waals surface area contributed by atoms with Gasteiger partial charge in [-0.2, -0.15) is 8.78 Å². The van der Waals surface area contributed by atoms with Crippen molar-refractivity contribution in [3.63, 3.8) is 0 Å². The average Bonchev–Trinajstić information content (AvgIpc) is 3.15. The molecule has 1 saturated heterocycles. The third-order valence-electron chi connectivity index (χ3n) is 4.32. The van der Waals surface area contributed by atoms with Crippen molar-refractivity contribution in [1.82, 2.24) is 15.2 Å². The molecule has 0 aliphatic carbocycles. The highest BCUT2D eigenvalue weighted by molar-refractivity contribution is 7.09. The molecular weight excluding hydrogens is 376 g/mol. The minimum absolute atomic E-state index is 0.0188. The number of carbonyl (C=O) groups excluding carboxylic acids is 2. The summed E-state index contributed by atoms with van der Waals surface area (Å²) in [6, 6.07) is 5.13. The fourth-order valence-corrected chi connectivity index (χ4v) is 3.65. The van der Waals surface area contributed by atoms with Crippen molar-refractivity contribution in [3.8, 4) is 5.75 Å². The molecule has 0 bridgehead atoms. The number of hydrogen-bond acceptors (Lipinski definition) is 5. The van der Waals surface area contributed by atoms with E-state index in [1.807, 2.05) is 19.2 Å². The first-order valence-electron chi connectivity index (χ1n) is 8.34. The zero-order chi connectivity index (χ0) is 19.8. The van der Waals surface area contributed by atoms with Crippen LogP contribution in [0.15, 0.2) is 29.6 Å². The third kappa shape index (κ3) is 3.78. The van der Waals surface area contributed by atoms with Gasteiger partial charge in [-0.3, -0.25) is 9.69 Å². The number of carbonyl (C=O) groups is 2. The summed E-state index contributed by atoms with van der Waals surface area (Å²) in [5.74, 6) is -0.171. The van der Waals surface area contributed by atoms with Crippen LogP contribution in [-0.4, -0.2) is 28.4 Å². The monoisotopic (exact) mass is 395 g/mol. The van der Waals surface area contributed by atoms with Crippen molar-refractivity contribution in [2.75, 3.05) is 0 Å². The largest absolute Gasteiger partial charge is 0.435 e. The second-order valence-electron chi connectivity index (χ2n) is 6.68. The number of alkyl halides is 2. The van der Waals surface area contributed by atoms with Crippen LogP contribution in [0.1, 0.15) is 43.0 Å². The lowest BCUT2D eigenvalue weighted by molar-refractivity contribution is -0.131. The highest BCUT2D eigenvalue weighted by Crippen LogP contribution is 2.31. The van der Waals surface area contributed by atoms with Crippen molar-refractivity contribution in [2.45, 2.75) is 45.4 Å². The highest BCUT2D eigenvalue weighted by Gasteiger charge is 2.49. The van der Waals surface area contributed by atoms with Crippen molar-refractivity contribution in [1.29, 1.82) is 0 Å². The minimum atomic E-state index is -2.93. The van der Waals surface area contributed by atoms with Crippen molar-refractivity contribution in [3.05, 3.63) is 45.9 Å². The van der Waals surface area contributed by atoms with E-state index in [0.717, 1.165) is 9.91 Å². The van der Waals surface area contributed by atoms with E-state index in [-0.39, 0.29) is 18.2 Å². The van der Waals surface area contributed by atoms with Gasteiger partial charge in [-0.1, -0.05) is 26.0 Å². The van der Waals surface area contributed by atoms with E-state index in [2.05, 4.69) is 15.0 Å². The van der Waals surface area contributed by atoms with Gasteiger partial charge in [0.1, 0.15) is 11.3 Å². The Bertz CT molecular complexity index is 854. The summed E-state index contributed by atoms with van der Waals surface area (Å²) in [5.41, 5.74) is -0.152. The number of hydrogen-bond donors (Lipinski definition) is 1. The Morgan fingerprint density at radius 3 is 2.48 bits per heavy atom. The van der Waals surface area contributed by atoms with Gasteiger partial charge in [0.05, 0.1) is 17.2 Å². The number of benzene rings is 1. The van der Waals surface area contributed by atoms with E-state index in [0.29, 0.717) is 11.3 Å². The predicted octanol–water partition coefficient (Wildman–Crippen LogP) is 3.84. The molecule has 1 atom stereocenters. The molecule has 3 amide bonds. The summed E-state index contributed by atoms with van der Waals surface area (Å²) in [6.07, 6.45) is 0. The second-order valence-corrected chi connectivity index (χ2v) is 7.57. The first-order chi connectivity index (χ1) is 12.7. The molecule has 2 aromatic rings. The maximum Gasteiger partial charge on any atom is 0.387 e. The molecule has 1 aliphatic heterocycles. The molecule has 9 heteroatoms. The summed E-state index contributed by atoms with van der Waals surface area (Å²) in [4.78, 5) is 30.9. The Balaban J connectivity index is 1.79. The molecule has 1 aliphatic rings. The third-order valence-corrected chi connectivity index (χ3v) is 5.51. The average molecular weight is 395 g/mol. The van der Waals surface area contributed by atoms with E-state index in [4.69, 9.17) is 0 Å². The standard InChI is InChI=1S/C18H19F2N3O3S/c1-10(2)14-21-12(9-27-14)8-23-15(24)18(3,22-17(23)25)11-4-6-13(7-5-11)26-16(19)20/h4-7,9-10,16H,8H2,1-3H3,(H,22,25). The zero-order valence-electron chi connectivity index (χ0n) is 15.0. The number of ether oxygens (including phenoxy) is 1. The van der Waals surface area contributed by atoms with Crippen LogP contribution in [0.3, 0.4) is 0 Å². The quantitative estimate of drug-likeness (QED) is 0.755. The van der Waals surface area contributed by atoms with Crippen LogP contribution in [0.5, 0.6) is 5.75 Å². The maximum absolute atomic E-state index is 12.9. The summed E-state index contributed by atoms with van der Waals surface area (Å²) in [6.45, 7) is 2.78. The van der Waals surface area contributed by atoms with Gasteiger partial charge in [0.25, 0.3) is 5.91 Å². The number of aromatic nitrogens is 1. The summed E-state index contributed by atoms with van der Waals surface area (Å²) in [5, 5.41) is 5.46. The number of amides is 3. The molecule has 3 rings (SSSR count). The molecule has 144 valence electrons. The smallest absolute Gasteiger partial charge is 0.387 e. The SMILES string of the molecule is CC(C)c1nc(CN2C(=O)NC(C)(c3ccc(OC(F)F)cc3)C2=O)cs1. The maximum atomic E-state index is 12.9. The zero-order valence-corrected chi connectivity index (χ0v) is 15.8. The van der Waals surface area contributed by atoms with Crippen LogP contribution in [0, 0.1) is 0 Å². The van der Waals surface area contributed by atoms with Crippen LogP contribution < -0.4 is 10.1 Å². The molecule has 0 radical (unpaired) electrons. The molecule has 2 heterocycles. The van der Waals surface area contributed by atoms with E-state index in [1.54, 1.807) is 6.92 Å². The fraction of sp³-hybridized carbons (Fsp3) is 0.389. The lowest BCUT2D eigenvalue weighted by atomic mass is 9.92. The molecule has 1 aromatic carbocycles. The molecule has 0 spiro atoms. The Morgan fingerprint density at radius 2 is 1.93 bits per heavy atom. The molecule has 0 saturated carbocycles. The van der Waals surface area contributed by atoms with E-state index in [1.165, 1.54) is 35.6 Å². The second kappa shape index (κ2) is 7.22. The highest BCUT2D eigenvalue weighted by atomic mass is 32.1. The van der Waals surface area contributed by atoms with E-state index < -0.39 is 24.1 Å². The molecule has 1 N–H and O–H groups in total. The van der Waals surface area contributed by atoms with E-state index >= 15 is 0 Å². The van der Waals surface area contributed by atoms with Gasteiger partial charge >= 0.3 is 12.6 Å². The Morgan fingerprint density at radius 1 is 1.26 bits per heavy atom. The molecule has 1 aromatic heterocycles. The number of urea groups is 1. The molecule has 1 fully saturated rings. The summed E-state index contributed by atoms with van der Waals surface area (Å²) >= 11 is 1.49. The van der Waals surface area contributed by atoms with Crippen LogP contribution in [-0.2, 0) is 16.9 Å². The Hall–Kier alpha value is -2.55. The number of imide groups is 1. The molecule has 27 heavy (non-hydrogen) atoms. The minimum Gasteiger partial charge on any atom is -0.435 e.